The van der Waals surface area contributed by atoms with E-state index in [1.165, 1.54) is 6.07 Å². The van der Waals surface area contributed by atoms with Gasteiger partial charge in [0.2, 0.25) is 0 Å². The lowest BCUT2D eigenvalue weighted by atomic mass is 10.1. The van der Waals surface area contributed by atoms with Gasteiger partial charge in [0, 0.05) is 61.9 Å². The Balaban J connectivity index is 1.41. The number of benzene rings is 2. The highest BCUT2D eigenvalue weighted by Gasteiger charge is 2.37. The Hall–Kier alpha value is -4.10. The topological polar surface area (TPSA) is 80.7 Å². The molecule has 1 saturated heterocycles. The van der Waals surface area contributed by atoms with Gasteiger partial charge < -0.3 is 20.5 Å². The number of likely N-dealkylation sites (N-methyl/N-ethyl adjacent to an activating group) is 1. The molecule has 0 atom stereocenters. The lowest BCUT2D eigenvalue weighted by Gasteiger charge is -2.36. The lowest BCUT2D eigenvalue weighted by Crippen LogP contribution is -2.46. The molecule has 0 radical (unpaired) electrons. The standard InChI is InChI=1S/C28H32F4N8O/c1-5-38-8-10-39(11-9-38)25-13-19(12-22(26(25)29)28(30,31)32)27(41)34-20-7-6-17(2)24(14-20)40-16-23(35-36-40)21-15-33-37(4)18(21)3/h6-7,12-16,35-36H,5,8-11H2,1-4H3,(H,34,41). The van der Waals surface area contributed by atoms with E-state index in [0.717, 1.165) is 29.1 Å². The molecule has 13 heteroatoms. The molecular formula is C28H32F4N8O. The second kappa shape index (κ2) is 11.1. The number of hydrogen-bond donors (Lipinski definition) is 3. The largest absolute Gasteiger partial charge is 0.419 e. The maximum absolute atomic E-state index is 15.1. The summed E-state index contributed by atoms with van der Waals surface area (Å²) in [5.41, 5.74) is 8.83. The number of nitrogens with zero attached hydrogens (tertiary/aromatic N) is 5. The van der Waals surface area contributed by atoms with E-state index in [4.69, 9.17) is 0 Å². The van der Waals surface area contributed by atoms with Crippen LogP contribution in [0.3, 0.4) is 0 Å². The summed E-state index contributed by atoms with van der Waals surface area (Å²) in [6.07, 6.45) is -1.36. The number of anilines is 3. The summed E-state index contributed by atoms with van der Waals surface area (Å²) in [5, 5.41) is 8.69. The number of aromatic nitrogens is 2. The number of aryl methyl sites for hydroxylation is 2. The molecule has 218 valence electrons. The Morgan fingerprint density at radius 3 is 2.44 bits per heavy atom. The summed E-state index contributed by atoms with van der Waals surface area (Å²) in [6, 6.07) is 6.93. The number of halogens is 4. The Morgan fingerprint density at radius 2 is 1.80 bits per heavy atom. The van der Waals surface area contributed by atoms with Crippen molar-refractivity contribution in [3.05, 3.63) is 76.5 Å². The molecule has 1 amide bonds. The smallest absolute Gasteiger partial charge is 0.367 e. The predicted molar refractivity (Wildman–Crippen MR) is 150 cm³/mol. The van der Waals surface area contributed by atoms with E-state index in [9.17, 15) is 18.0 Å². The molecule has 5 rings (SSSR count). The van der Waals surface area contributed by atoms with Crippen LogP contribution >= 0.6 is 0 Å². The van der Waals surface area contributed by atoms with Crippen molar-refractivity contribution >= 4 is 28.7 Å². The first-order chi connectivity index (χ1) is 19.5. The monoisotopic (exact) mass is 572 g/mol. The van der Waals surface area contributed by atoms with Gasteiger partial charge in [0.15, 0.2) is 5.82 Å². The van der Waals surface area contributed by atoms with Gasteiger partial charge in [-0.1, -0.05) is 13.0 Å². The van der Waals surface area contributed by atoms with Crippen LogP contribution in [-0.4, -0.2) is 53.3 Å². The van der Waals surface area contributed by atoms with E-state index in [0.29, 0.717) is 43.6 Å². The minimum atomic E-state index is -4.96. The molecule has 41 heavy (non-hydrogen) atoms. The van der Waals surface area contributed by atoms with Crippen molar-refractivity contribution in [1.29, 1.82) is 0 Å². The molecule has 0 aliphatic carbocycles. The first-order valence-corrected chi connectivity index (χ1v) is 13.3. The van der Waals surface area contributed by atoms with Crippen LogP contribution < -0.4 is 26.2 Å². The van der Waals surface area contributed by atoms with Crippen LogP contribution in [0.25, 0.3) is 5.70 Å². The summed E-state index contributed by atoms with van der Waals surface area (Å²) < 4.78 is 58.3. The van der Waals surface area contributed by atoms with Crippen molar-refractivity contribution in [2.24, 2.45) is 7.05 Å². The molecule has 2 aliphatic heterocycles. The fourth-order valence-corrected chi connectivity index (χ4v) is 4.98. The van der Waals surface area contributed by atoms with Gasteiger partial charge in [-0.25, -0.2) is 4.39 Å². The zero-order valence-corrected chi connectivity index (χ0v) is 23.2. The van der Waals surface area contributed by atoms with Crippen molar-refractivity contribution in [3.8, 4) is 0 Å². The third kappa shape index (κ3) is 5.72. The molecule has 0 spiro atoms. The Morgan fingerprint density at radius 1 is 1.07 bits per heavy atom. The number of hydrazine groups is 2. The molecule has 0 unspecified atom stereocenters. The highest BCUT2D eigenvalue weighted by Crippen LogP contribution is 2.37. The number of carbonyl (C=O) groups excluding carboxylic acids is 1. The molecule has 0 bridgehead atoms. The SMILES string of the molecule is CCN1CCN(c2cc(C(=O)Nc3ccc(C)c(N4C=C(c5cnn(C)c5C)NN4)c3)cc(C(F)(F)F)c2F)CC1. The lowest BCUT2D eigenvalue weighted by molar-refractivity contribution is -0.139. The number of alkyl halides is 3. The third-order valence-electron chi connectivity index (χ3n) is 7.60. The minimum Gasteiger partial charge on any atom is -0.367 e. The Labute approximate surface area is 235 Å². The summed E-state index contributed by atoms with van der Waals surface area (Å²) in [5.74, 6) is -2.14. The highest BCUT2D eigenvalue weighted by molar-refractivity contribution is 6.05. The maximum atomic E-state index is 15.1. The van der Waals surface area contributed by atoms with Crippen LogP contribution in [0, 0.1) is 19.7 Å². The molecular weight excluding hydrogens is 540 g/mol. The molecule has 3 heterocycles. The van der Waals surface area contributed by atoms with E-state index in [1.54, 1.807) is 39.0 Å². The molecule has 2 aromatic carbocycles. The molecule has 1 fully saturated rings. The Bertz CT molecular complexity index is 1490. The van der Waals surface area contributed by atoms with Crippen molar-refractivity contribution in [2.45, 2.75) is 26.9 Å². The zero-order chi connectivity index (χ0) is 29.5. The second-order valence-electron chi connectivity index (χ2n) is 10.1. The molecule has 1 aromatic heterocycles. The first kappa shape index (κ1) is 28.4. The van der Waals surface area contributed by atoms with Crippen molar-refractivity contribution in [3.63, 3.8) is 0 Å². The molecule has 2 aliphatic rings. The number of rotatable bonds is 6. The number of amides is 1. The van der Waals surface area contributed by atoms with Gasteiger partial charge >= 0.3 is 6.18 Å². The maximum Gasteiger partial charge on any atom is 0.419 e. The van der Waals surface area contributed by atoms with Gasteiger partial charge in [-0.2, -0.15) is 18.3 Å². The van der Waals surface area contributed by atoms with Crippen LogP contribution in [0.15, 0.2) is 42.7 Å². The first-order valence-electron chi connectivity index (χ1n) is 13.3. The van der Waals surface area contributed by atoms with Gasteiger partial charge in [0.1, 0.15) is 0 Å². The fraction of sp³-hybridized carbons (Fsp3) is 0.357. The van der Waals surface area contributed by atoms with Crippen LogP contribution in [-0.2, 0) is 13.2 Å². The van der Waals surface area contributed by atoms with Crippen molar-refractivity contribution < 1.29 is 22.4 Å². The normalized spacial score (nSPS) is 16.1. The van der Waals surface area contributed by atoms with Crippen LogP contribution in [0.5, 0.6) is 0 Å². The van der Waals surface area contributed by atoms with Crippen molar-refractivity contribution in [1.82, 2.24) is 25.6 Å². The summed E-state index contributed by atoms with van der Waals surface area (Å²) in [7, 11) is 1.85. The van der Waals surface area contributed by atoms with Crippen LogP contribution in [0.2, 0.25) is 0 Å². The van der Waals surface area contributed by atoms with E-state index in [1.807, 2.05) is 34.0 Å². The zero-order valence-electron chi connectivity index (χ0n) is 23.2. The van der Waals surface area contributed by atoms with Crippen molar-refractivity contribution in [2.75, 3.05) is 47.9 Å². The van der Waals surface area contributed by atoms with E-state index >= 15 is 4.39 Å². The van der Waals surface area contributed by atoms with Gasteiger partial charge in [0.05, 0.1) is 28.8 Å². The Kier molecular flexibility index (Phi) is 7.66. The summed E-state index contributed by atoms with van der Waals surface area (Å²) in [4.78, 5) is 16.9. The number of nitrogens with one attached hydrogen (secondary N) is 3. The van der Waals surface area contributed by atoms with Gasteiger partial charge in [-0.3, -0.25) is 14.5 Å². The minimum absolute atomic E-state index is 0.221. The van der Waals surface area contributed by atoms with E-state index in [2.05, 4.69) is 26.3 Å². The highest BCUT2D eigenvalue weighted by atomic mass is 19.4. The average Bonchev–Trinajstić information content (AvgIpc) is 3.55. The number of piperazine rings is 1. The number of hydrogen-bond acceptors (Lipinski definition) is 7. The molecule has 9 nitrogen and oxygen atoms in total. The van der Waals surface area contributed by atoms with Gasteiger partial charge in [-0.05, 0) is 50.2 Å². The third-order valence-corrected chi connectivity index (χ3v) is 7.60. The summed E-state index contributed by atoms with van der Waals surface area (Å²) in [6.45, 7) is 8.54. The van der Waals surface area contributed by atoms with E-state index in [-0.39, 0.29) is 11.3 Å². The fourth-order valence-electron chi connectivity index (χ4n) is 4.98. The predicted octanol–water partition coefficient (Wildman–Crippen LogP) is 4.42. The second-order valence-corrected chi connectivity index (χ2v) is 10.1. The quantitative estimate of drug-likeness (QED) is 0.378. The van der Waals surface area contributed by atoms with Gasteiger partial charge in [0.25, 0.3) is 5.91 Å². The molecule has 3 N–H and O–H groups in total. The molecule has 3 aromatic rings. The van der Waals surface area contributed by atoms with Crippen LogP contribution in [0.4, 0.5) is 34.6 Å². The average molecular weight is 573 g/mol. The molecule has 0 saturated carbocycles. The van der Waals surface area contributed by atoms with Gasteiger partial charge in [-0.15, -0.1) is 5.53 Å². The summed E-state index contributed by atoms with van der Waals surface area (Å²) >= 11 is 0. The van der Waals surface area contributed by atoms with E-state index < -0.39 is 23.5 Å². The van der Waals surface area contributed by atoms with Crippen LogP contribution in [0.1, 0.15) is 39.7 Å². The number of carbonyl (C=O) groups is 1.